The van der Waals surface area contributed by atoms with Crippen LogP contribution in [0.25, 0.3) is 10.9 Å². The minimum absolute atomic E-state index is 0.626. The van der Waals surface area contributed by atoms with Crippen molar-refractivity contribution in [2.24, 2.45) is 0 Å². The number of benzene rings is 2. The molecule has 0 radical (unpaired) electrons. The molecule has 0 unspecified atom stereocenters. The summed E-state index contributed by atoms with van der Waals surface area (Å²) in [6.45, 7) is 1.85. The summed E-state index contributed by atoms with van der Waals surface area (Å²) < 4.78 is 10.7. The fourth-order valence-corrected chi connectivity index (χ4v) is 2.56. The van der Waals surface area contributed by atoms with Crippen molar-refractivity contribution in [2.75, 3.05) is 19.5 Å². The Morgan fingerprint density at radius 2 is 1.74 bits per heavy atom. The summed E-state index contributed by atoms with van der Waals surface area (Å²) in [7, 11) is 3.20. The predicted octanol–water partition coefficient (Wildman–Crippen LogP) is 4.35. The van der Waals surface area contributed by atoms with E-state index in [9.17, 15) is 0 Å². The molecule has 0 bridgehead atoms. The quantitative estimate of drug-likeness (QED) is 0.771. The highest BCUT2D eigenvalue weighted by Crippen LogP contribution is 2.35. The Morgan fingerprint density at radius 3 is 2.43 bits per heavy atom. The Hall–Kier alpha value is -2.53. The van der Waals surface area contributed by atoms with Gasteiger partial charge in [0.25, 0.3) is 0 Å². The topological polar surface area (TPSA) is 56.3 Å². The van der Waals surface area contributed by atoms with Gasteiger partial charge in [0.05, 0.1) is 19.7 Å². The Balaban J connectivity index is 2.15. The molecule has 3 rings (SSSR count). The number of hydrogen-bond acceptors (Lipinski definition) is 5. The van der Waals surface area contributed by atoms with Gasteiger partial charge in [-0.25, -0.2) is 9.97 Å². The molecule has 0 amide bonds. The van der Waals surface area contributed by atoms with Gasteiger partial charge >= 0.3 is 0 Å². The second-order valence-electron chi connectivity index (χ2n) is 4.98. The van der Waals surface area contributed by atoms with Crippen LogP contribution < -0.4 is 14.8 Å². The number of anilines is 2. The molecule has 118 valence electrons. The first-order valence-corrected chi connectivity index (χ1v) is 7.41. The van der Waals surface area contributed by atoms with E-state index in [4.69, 9.17) is 21.1 Å². The average Bonchev–Trinajstić information content (AvgIpc) is 2.53. The van der Waals surface area contributed by atoms with Crippen molar-refractivity contribution in [2.45, 2.75) is 6.92 Å². The van der Waals surface area contributed by atoms with Crippen molar-refractivity contribution < 1.29 is 9.47 Å². The van der Waals surface area contributed by atoms with Gasteiger partial charge in [0.2, 0.25) is 0 Å². The van der Waals surface area contributed by atoms with Crippen LogP contribution >= 0.6 is 11.6 Å². The molecule has 1 N–H and O–H groups in total. The minimum atomic E-state index is 0.626. The van der Waals surface area contributed by atoms with Crippen LogP contribution in [0.15, 0.2) is 36.4 Å². The van der Waals surface area contributed by atoms with Crippen LogP contribution in [0.4, 0.5) is 11.5 Å². The van der Waals surface area contributed by atoms with Gasteiger partial charge in [0, 0.05) is 22.2 Å². The molecular formula is C17H16ClN3O2. The van der Waals surface area contributed by atoms with Gasteiger partial charge < -0.3 is 14.8 Å². The number of hydrogen-bond donors (Lipinski definition) is 1. The standard InChI is InChI=1S/C17H16ClN3O2/c1-10-19-14-9-16(23-3)15(22-2)8-13(14)17(20-10)21-12-6-4-5-11(18)7-12/h4-9H,1-3H3,(H,19,20,21). The summed E-state index contributed by atoms with van der Waals surface area (Å²) in [5.41, 5.74) is 1.63. The Morgan fingerprint density at radius 1 is 1.00 bits per heavy atom. The Labute approximate surface area is 139 Å². The van der Waals surface area contributed by atoms with Crippen molar-refractivity contribution >= 4 is 34.0 Å². The van der Waals surface area contributed by atoms with Crippen LogP contribution in [0.2, 0.25) is 5.02 Å². The van der Waals surface area contributed by atoms with E-state index < -0.39 is 0 Å². The van der Waals surface area contributed by atoms with Crippen LogP contribution in [-0.4, -0.2) is 24.2 Å². The van der Waals surface area contributed by atoms with Gasteiger partial charge in [-0.15, -0.1) is 0 Å². The number of rotatable bonds is 4. The van der Waals surface area contributed by atoms with Crippen molar-refractivity contribution in [1.29, 1.82) is 0 Å². The number of nitrogens with one attached hydrogen (secondary N) is 1. The van der Waals surface area contributed by atoms with Crippen LogP contribution in [0.5, 0.6) is 11.5 Å². The van der Waals surface area contributed by atoms with E-state index >= 15 is 0 Å². The normalized spacial score (nSPS) is 10.6. The van der Waals surface area contributed by atoms with Crippen molar-refractivity contribution in [3.05, 3.63) is 47.2 Å². The van der Waals surface area contributed by atoms with Crippen molar-refractivity contribution in [3.8, 4) is 11.5 Å². The molecule has 5 nitrogen and oxygen atoms in total. The highest BCUT2D eigenvalue weighted by atomic mass is 35.5. The number of halogens is 1. The maximum absolute atomic E-state index is 6.04. The molecule has 0 saturated carbocycles. The predicted molar refractivity (Wildman–Crippen MR) is 92.1 cm³/mol. The summed E-state index contributed by atoms with van der Waals surface area (Å²) in [6.07, 6.45) is 0. The summed E-state index contributed by atoms with van der Waals surface area (Å²) in [6, 6.07) is 11.2. The number of aryl methyl sites for hydroxylation is 1. The average molecular weight is 330 g/mol. The van der Waals surface area contributed by atoms with E-state index in [1.165, 1.54) is 0 Å². The Bertz CT molecular complexity index is 868. The van der Waals surface area contributed by atoms with Crippen LogP contribution in [0.1, 0.15) is 5.82 Å². The third-order valence-electron chi connectivity index (χ3n) is 3.40. The molecule has 0 fully saturated rings. The molecule has 0 spiro atoms. The lowest BCUT2D eigenvalue weighted by Gasteiger charge is -2.13. The molecule has 2 aromatic carbocycles. The molecule has 23 heavy (non-hydrogen) atoms. The lowest BCUT2D eigenvalue weighted by atomic mass is 10.2. The van der Waals surface area contributed by atoms with E-state index in [1.54, 1.807) is 14.2 Å². The van der Waals surface area contributed by atoms with Gasteiger partial charge in [-0.3, -0.25) is 0 Å². The first-order valence-electron chi connectivity index (χ1n) is 7.03. The SMILES string of the molecule is COc1cc2nc(C)nc(Nc3cccc(Cl)c3)c2cc1OC. The van der Waals surface area contributed by atoms with Gasteiger partial charge in [-0.1, -0.05) is 17.7 Å². The van der Waals surface area contributed by atoms with Crippen molar-refractivity contribution in [1.82, 2.24) is 9.97 Å². The zero-order chi connectivity index (χ0) is 16.4. The van der Waals surface area contributed by atoms with Gasteiger partial charge in [-0.05, 0) is 31.2 Å². The second kappa shape index (κ2) is 6.30. The summed E-state index contributed by atoms with van der Waals surface area (Å²) in [5.74, 6) is 2.61. The molecule has 0 atom stereocenters. The molecule has 0 aliphatic carbocycles. The van der Waals surface area contributed by atoms with E-state index in [1.807, 2.05) is 43.3 Å². The summed E-state index contributed by atoms with van der Waals surface area (Å²) in [5, 5.41) is 4.78. The molecule has 1 aromatic heterocycles. The second-order valence-corrected chi connectivity index (χ2v) is 5.42. The highest BCUT2D eigenvalue weighted by Gasteiger charge is 2.12. The maximum Gasteiger partial charge on any atom is 0.162 e. The molecule has 0 aliphatic heterocycles. The van der Waals surface area contributed by atoms with Crippen LogP contribution in [0.3, 0.4) is 0 Å². The van der Waals surface area contributed by atoms with Crippen molar-refractivity contribution in [3.63, 3.8) is 0 Å². The monoisotopic (exact) mass is 329 g/mol. The first kappa shape index (κ1) is 15.4. The third-order valence-corrected chi connectivity index (χ3v) is 3.64. The molecule has 0 aliphatic rings. The van der Waals surface area contributed by atoms with E-state index in [0.717, 1.165) is 16.6 Å². The molecular weight excluding hydrogens is 314 g/mol. The largest absolute Gasteiger partial charge is 0.493 e. The number of methoxy groups -OCH3 is 2. The molecule has 6 heteroatoms. The van der Waals surface area contributed by atoms with Gasteiger partial charge in [0.15, 0.2) is 11.5 Å². The number of nitrogens with zero attached hydrogens (tertiary/aromatic N) is 2. The zero-order valence-corrected chi connectivity index (χ0v) is 13.8. The van der Waals surface area contributed by atoms with E-state index in [0.29, 0.717) is 28.2 Å². The first-order chi connectivity index (χ1) is 11.1. The fraction of sp³-hybridized carbons (Fsp3) is 0.176. The highest BCUT2D eigenvalue weighted by molar-refractivity contribution is 6.30. The lowest BCUT2D eigenvalue weighted by Crippen LogP contribution is -2.00. The summed E-state index contributed by atoms with van der Waals surface area (Å²) in [4.78, 5) is 8.96. The molecule has 0 saturated heterocycles. The Kier molecular flexibility index (Phi) is 4.21. The zero-order valence-electron chi connectivity index (χ0n) is 13.1. The van der Waals surface area contributed by atoms with Gasteiger partial charge in [0.1, 0.15) is 11.6 Å². The third kappa shape index (κ3) is 3.14. The van der Waals surface area contributed by atoms with E-state index in [2.05, 4.69) is 15.3 Å². The maximum atomic E-state index is 6.04. The number of ether oxygens (including phenoxy) is 2. The number of fused-ring (bicyclic) bond motifs is 1. The van der Waals surface area contributed by atoms with Crippen LogP contribution in [-0.2, 0) is 0 Å². The smallest absolute Gasteiger partial charge is 0.162 e. The summed E-state index contributed by atoms with van der Waals surface area (Å²) >= 11 is 6.04. The van der Waals surface area contributed by atoms with E-state index in [-0.39, 0.29) is 0 Å². The molecule has 3 aromatic rings. The minimum Gasteiger partial charge on any atom is -0.493 e. The molecule has 1 heterocycles. The fourth-order valence-electron chi connectivity index (χ4n) is 2.37. The van der Waals surface area contributed by atoms with Crippen LogP contribution in [0, 0.1) is 6.92 Å². The van der Waals surface area contributed by atoms with Gasteiger partial charge in [-0.2, -0.15) is 0 Å². The number of aromatic nitrogens is 2. The lowest BCUT2D eigenvalue weighted by molar-refractivity contribution is 0.356.